The van der Waals surface area contributed by atoms with E-state index < -0.39 is 55.1 Å². The zero-order chi connectivity index (χ0) is 41.0. The third-order valence-electron chi connectivity index (χ3n) is 11.3. The molecule has 0 aliphatic carbocycles. The van der Waals surface area contributed by atoms with Crippen LogP contribution in [0.1, 0.15) is 77.2 Å². The summed E-state index contributed by atoms with van der Waals surface area (Å²) < 4.78 is 39.0. The number of hydrogen-bond donors (Lipinski definition) is 3. The van der Waals surface area contributed by atoms with E-state index in [0.29, 0.717) is 18.7 Å². The lowest BCUT2D eigenvalue weighted by atomic mass is 9.95. The molecule has 3 aromatic rings. The lowest BCUT2D eigenvalue weighted by molar-refractivity contribution is -0.136. The molecule has 0 bridgehead atoms. The van der Waals surface area contributed by atoms with E-state index in [1.807, 2.05) is 61.3 Å². The van der Waals surface area contributed by atoms with Gasteiger partial charge in [0.2, 0.25) is 11.8 Å². The molecular formula is C42H51F2N7O6. The van der Waals surface area contributed by atoms with Crippen molar-refractivity contribution in [2.24, 2.45) is 16.8 Å². The predicted molar refractivity (Wildman–Crippen MR) is 211 cm³/mol. The molecule has 4 amide bonds. The van der Waals surface area contributed by atoms with Gasteiger partial charge in [-0.25, -0.2) is 23.4 Å². The van der Waals surface area contributed by atoms with Crippen molar-refractivity contribution in [2.75, 3.05) is 27.3 Å². The molecule has 2 aromatic carbocycles. The molecule has 3 N–H and O–H groups in total. The van der Waals surface area contributed by atoms with Crippen LogP contribution in [0.2, 0.25) is 0 Å². The smallest absolute Gasteiger partial charge is 0.407 e. The molecule has 57 heavy (non-hydrogen) atoms. The minimum atomic E-state index is -3.12. The second-order valence-electron chi connectivity index (χ2n) is 15.4. The number of alkyl halides is 2. The average Bonchev–Trinajstić information content (AvgIpc) is 4.04. The average molecular weight is 788 g/mol. The molecular weight excluding hydrogens is 737 g/mol. The zero-order valence-corrected chi connectivity index (χ0v) is 33.2. The van der Waals surface area contributed by atoms with Crippen LogP contribution in [-0.4, -0.2) is 101 Å². The van der Waals surface area contributed by atoms with Crippen molar-refractivity contribution < 1.29 is 37.4 Å². The number of imidazole rings is 1. The maximum atomic E-state index is 14.8. The Morgan fingerprint density at radius 1 is 0.860 bits per heavy atom. The van der Waals surface area contributed by atoms with Gasteiger partial charge in [-0.15, -0.1) is 0 Å². The summed E-state index contributed by atoms with van der Waals surface area (Å²) in [4.78, 5) is 66.4. The number of amides is 4. The standard InChI is InChI=1S/C42H51F2N7O6/c1-7-25(4)36(49-41(55)57-6)39(53)50-18-8-9-33(50)31-19-30(21-45-31)28-12-10-26(11-13-28)27-14-16-29(17-15-27)32-22-46-37(47-32)34-20-42(43,44)23-51(34)38(52)35(24(2)3)48-40(54)56-5/h10-17,21-22,24-25,33-36H,7-9,18-20,23H2,1-6H3,(H,46,47)(H,48,54)(H,49,55)/t25?,33-,34-,35-,36-/m0/s1. The van der Waals surface area contributed by atoms with Crippen molar-refractivity contribution in [1.82, 2.24) is 30.4 Å². The van der Waals surface area contributed by atoms with Gasteiger partial charge in [0.15, 0.2) is 0 Å². The summed E-state index contributed by atoms with van der Waals surface area (Å²) in [6, 6.07) is 13.1. The van der Waals surface area contributed by atoms with Crippen LogP contribution < -0.4 is 10.6 Å². The van der Waals surface area contributed by atoms with E-state index >= 15 is 0 Å². The summed E-state index contributed by atoms with van der Waals surface area (Å²) in [7, 11) is 2.47. The van der Waals surface area contributed by atoms with Gasteiger partial charge in [0.1, 0.15) is 17.9 Å². The summed E-state index contributed by atoms with van der Waals surface area (Å²) in [5.74, 6) is -4.05. The fourth-order valence-electron chi connectivity index (χ4n) is 7.79. The molecule has 4 heterocycles. The molecule has 3 aliphatic rings. The first kappa shape index (κ1) is 41.0. The van der Waals surface area contributed by atoms with E-state index in [-0.39, 0.29) is 29.6 Å². The van der Waals surface area contributed by atoms with E-state index in [9.17, 15) is 28.0 Å². The van der Waals surface area contributed by atoms with Crippen LogP contribution in [0.25, 0.3) is 28.0 Å². The van der Waals surface area contributed by atoms with Crippen molar-refractivity contribution in [3.05, 3.63) is 72.3 Å². The molecule has 2 saturated heterocycles. The minimum absolute atomic E-state index is 0.0575. The van der Waals surface area contributed by atoms with Gasteiger partial charge in [-0.3, -0.25) is 14.6 Å². The molecule has 15 heteroatoms. The van der Waals surface area contributed by atoms with Crippen LogP contribution in [-0.2, 0) is 19.1 Å². The summed E-state index contributed by atoms with van der Waals surface area (Å²) >= 11 is 0. The molecule has 3 aliphatic heterocycles. The fourth-order valence-corrected chi connectivity index (χ4v) is 7.79. The quantitative estimate of drug-likeness (QED) is 0.179. The number of alkyl carbamates (subject to hydrolysis) is 2. The van der Waals surface area contributed by atoms with E-state index in [1.54, 1.807) is 20.0 Å². The number of carbonyl (C=O) groups is 4. The van der Waals surface area contributed by atoms with Gasteiger partial charge in [0.05, 0.1) is 44.7 Å². The van der Waals surface area contributed by atoms with Gasteiger partial charge in [0, 0.05) is 31.3 Å². The lowest BCUT2D eigenvalue weighted by Crippen LogP contribution is -2.54. The monoisotopic (exact) mass is 787 g/mol. The molecule has 6 rings (SSSR count). The molecule has 0 saturated carbocycles. The Balaban J connectivity index is 1.09. The van der Waals surface area contributed by atoms with E-state index in [2.05, 4.69) is 37.5 Å². The second kappa shape index (κ2) is 17.3. The van der Waals surface area contributed by atoms with Crippen molar-refractivity contribution in [2.45, 2.75) is 89.9 Å². The number of rotatable bonds is 12. The fraction of sp³-hybridized carbons (Fsp3) is 0.476. The van der Waals surface area contributed by atoms with E-state index in [1.165, 1.54) is 14.2 Å². The number of hydrogen-bond acceptors (Lipinski definition) is 8. The van der Waals surface area contributed by atoms with Crippen LogP contribution in [0, 0.1) is 11.8 Å². The van der Waals surface area contributed by atoms with Crippen LogP contribution in [0.15, 0.2) is 65.9 Å². The van der Waals surface area contributed by atoms with Crippen molar-refractivity contribution >= 4 is 35.3 Å². The summed E-state index contributed by atoms with van der Waals surface area (Å²) in [6.45, 7) is 7.21. The highest BCUT2D eigenvalue weighted by atomic mass is 19.3. The molecule has 2 fully saturated rings. The maximum Gasteiger partial charge on any atom is 0.407 e. The number of likely N-dealkylation sites (tertiary alicyclic amines) is 2. The summed E-state index contributed by atoms with van der Waals surface area (Å²) in [5.41, 5.74) is 6.42. The van der Waals surface area contributed by atoms with Crippen LogP contribution in [0.5, 0.6) is 0 Å². The Hall–Kier alpha value is -5.60. The van der Waals surface area contributed by atoms with Gasteiger partial charge in [0.25, 0.3) is 5.92 Å². The Morgan fingerprint density at radius 3 is 2.04 bits per heavy atom. The van der Waals surface area contributed by atoms with Gasteiger partial charge < -0.3 is 34.9 Å². The van der Waals surface area contributed by atoms with Gasteiger partial charge in [-0.2, -0.15) is 0 Å². The first-order valence-electron chi connectivity index (χ1n) is 19.4. The second-order valence-corrected chi connectivity index (χ2v) is 15.4. The number of methoxy groups -OCH3 is 2. The number of nitrogens with one attached hydrogen (secondary N) is 3. The number of carbonyl (C=O) groups excluding carboxylic acids is 4. The number of allylic oxidation sites excluding steroid dienone is 1. The molecule has 0 spiro atoms. The van der Waals surface area contributed by atoms with Crippen LogP contribution >= 0.6 is 0 Å². The number of ether oxygens (including phenoxy) is 2. The molecule has 5 atom stereocenters. The Morgan fingerprint density at radius 2 is 1.44 bits per heavy atom. The molecule has 1 unspecified atom stereocenters. The van der Waals surface area contributed by atoms with E-state index in [4.69, 9.17) is 9.73 Å². The number of nitrogens with zero attached hydrogens (tertiary/aromatic N) is 4. The van der Waals surface area contributed by atoms with Crippen LogP contribution in [0.3, 0.4) is 0 Å². The Labute approximate surface area is 331 Å². The zero-order valence-electron chi connectivity index (χ0n) is 33.2. The highest BCUT2D eigenvalue weighted by Crippen LogP contribution is 2.41. The third kappa shape index (κ3) is 9.02. The van der Waals surface area contributed by atoms with E-state index in [0.717, 1.165) is 57.7 Å². The predicted octanol–water partition coefficient (Wildman–Crippen LogP) is 6.98. The van der Waals surface area contributed by atoms with Crippen molar-refractivity contribution in [3.8, 4) is 22.4 Å². The van der Waals surface area contributed by atoms with Gasteiger partial charge in [-0.05, 0) is 52.5 Å². The normalized spacial score (nSPS) is 20.4. The Bertz CT molecular complexity index is 2010. The summed E-state index contributed by atoms with van der Waals surface area (Å²) in [5, 5.41) is 5.22. The Kier molecular flexibility index (Phi) is 12.4. The number of aromatic nitrogens is 2. The third-order valence-corrected chi connectivity index (χ3v) is 11.3. The first-order chi connectivity index (χ1) is 27.2. The number of benzene rings is 2. The number of aromatic amines is 1. The molecule has 1 aromatic heterocycles. The van der Waals surface area contributed by atoms with Gasteiger partial charge in [-0.1, -0.05) is 82.6 Å². The van der Waals surface area contributed by atoms with Gasteiger partial charge >= 0.3 is 12.2 Å². The number of aliphatic imine (C=N–C) groups is 1. The maximum absolute atomic E-state index is 14.8. The van der Waals surface area contributed by atoms with Crippen molar-refractivity contribution in [1.29, 1.82) is 0 Å². The molecule has 13 nitrogen and oxygen atoms in total. The molecule has 0 radical (unpaired) electrons. The highest BCUT2D eigenvalue weighted by Gasteiger charge is 2.50. The number of halogens is 2. The molecule has 304 valence electrons. The van der Waals surface area contributed by atoms with Crippen molar-refractivity contribution in [3.63, 3.8) is 0 Å². The number of H-pyrrole nitrogens is 1. The van der Waals surface area contributed by atoms with Crippen LogP contribution in [0.4, 0.5) is 18.4 Å². The summed E-state index contributed by atoms with van der Waals surface area (Å²) in [6.07, 6.45) is 4.45. The minimum Gasteiger partial charge on any atom is -0.453 e. The SMILES string of the molecule is CCC(C)[C@H](NC(=O)OC)C(=O)N1CCC[C@H]1C1=NC=C(c2ccc(-c3ccc(-c4cnc([C@@H]5CC(F)(F)CN5C(=O)[C@@H](NC(=O)OC)C(C)C)[nH]4)cc3)cc2)C1. The lowest BCUT2D eigenvalue weighted by Gasteiger charge is -2.31. The topological polar surface area (TPSA) is 158 Å². The highest BCUT2D eigenvalue weighted by molar-refractivity contribution is 6.04. The first-order valence-corrected chi connectivity index (χ1v) is 19.4. The largest absolute Gasteiger partial charge is 0.453 e.